The monoisotopic (exact) mass is 391 g/mol. The summed E-state index contributed by atoms with van der Waals surface area (Å²) in [6.45, 7) is 4.93. The van der Waals surface area contributed by atoms with Gasteiger partial charge in [0.1, 0.15) is 0 Å². The Morgan fingerprint density at radius 1 is 1.40 bits per heavy atom. The van der Waals surface area contributed by atoms with Gasteiger partial charge in [0.2, 0.25) is 0 Å². The van der Waals surface area contributed by atoms with Gasteiger partial charge in [-0.1, -0.05) is 13.8 Å². The number of rotatable bonds is 5. The van der Waals surface area contributed by atoms with Crippen LogP contribution in [-0.4, -0.2) is 33.7 Å². The number of halogens is 1. The average molecular weight is 391 g/mol. The van der Waals surface area contributed by atoms with Crippen LogP contribution in [0.2, 0.25) is 0 Å². The van der Waals surface area contributed by atoms with Crippen LogP contribution in [0.15, 0.2) is 4.99 Å². The van der Waals surface area contributed by atoms with Crippen molar-refractivity contribution >= 4 is 29.9 Å². The van der Waals surface area contributed by atoms with Gasteiger partial charge in [-0.25, -0.2) is 4.99 Å². The zero-order valence-electron chi connectivity index (χ0n) is 12.9. The van der Waals surface area contributed by atoms with E-state index in [-0.39, 0.29) is 24.0 Å². The summed E-state index contributed by atoms with van der Waals surface area (Å²) in [5.74, 6) is 0.649. The van der Waals surface area contributed by atoms with Gasteiger partial charge >= 0.3 is 0 Å². The molecule has 0 unspecified atom stereocenters. The summed E-state index contributed by atoms with van der Waals surface area (Å²) in [7, 11) is 4.03. The highest BCUT2D eigenvalue weighted by molar-refractivity contribution is 14.0. The number of guanidine groups is 1. The number of aliphatic imine (C=N–C) groups is 1. The lowest BCUT2D eigenvalue weighted by Crippen LogP contribution is -2.35. The van der Waals surface area contributed by atoms with Crippen molar-refractivity contribution in [2.24, 2.45) is 17.8 Å². The van der Waals surface area contributed by atoms with Crippen molar-refractivity contribution < 1.29 is 0 Å². The fourth-order valence-electron chi connectivity index (χ4n) is 2.49. The van der Waals surface area contributed by atoms with Crippen LogP contribution < -0.4 is 5.73 Å². The molecule has 2 N–H and O–H groups in total. The molecule has 20 heavy (non-hydrogen) atoms. The standard InChI is InChI=1S/C14H25N5.HI/c1-5-12-11(13(6-2)19(4)17-12)9-16-14(15)18(3)10-7-8-10;/h10H,5-9H2,1-4H3,(H2,15,16);1H. The summed E-state index contributed by atoms with van der Waals surface area (Å²) < 4.78 is 1.98. The van der Waals surface area contributed by atoms with E-state index in [1.165, 1.54) is 24.1 Å². The Morgan fingerprint density at radius 2 is 2.05 bits per heavy atom. The fourth-order valence-corrected chi connectivity index (χ4v) is 2.49. The Kier molecular flexibility index (Phi) is 6.29. The summed E-state index contributed by atoms with van der Waals surface area (Å²) in [6.07, 6.45) is 4.39. The van der Waals surface area contributed by atoms with Crippen molar-refractivity contribution in [2.75, 3.05) is 7.05 Å². The molecule has 1 aliphatic rings. The van der Waals surface area contributed by atoms with Gasteiger partial charge < -0.3 is 10.6 Å². The molecule has 0 saturated heterocycles. The average Bonchev–Trinajstić information content (AvgIpc) is 3.19. The van der Waals surface area contributed by atoms with Crippen LogP contribution in [0, 0.1) is 0 Å². The quantitative estimate of drug-likeness (QED) is 0.475. The first kappa shape index (κ1) is 17.3. The highest BCUT2D eigenvalue weighted by atomic mass is 127. The van der Waals surface area contributed by atoms with E-state index >= 15 is 0 Å². The highest BCUT2D eigenvalue weighted by Crippen LogP contribution is 2.25. The Balaban J connectivity index is 0.00000200. The predicted octanol–water partition coefficient (Wildman–Crippen LogP) is 2.07. The van der Waals surface area contributed by atoms with Crippen molar-refractivity contribution in [2.45, 2.75) is 52.1 Å². The Bertz CT molecular complexity index is 476. The summed E-state index contributed by atoms with van der Waals surface area (Å²) in [5.41, 5.74) is 9.70. The summed E-state index contributed by atoms with van der Waals surface area (Å²) in [6, 6.07) is 0.605. The molecule has 6 heteroatoms. The number of nitrogens with zero attached hydrogens (tertiary/aromatic N) is 4. The molecule has 2 rings (SSSR count). The van der Waals surface area contributed by atoms with Crippen molar-refractivity contribution in [3.8, 4) is 0 Å². The lowest BCUT2D eigenvalue weighted by Gasteiger charge is -2.16. The van der Waals surface area contributed by atoms with Gasteiger partial charge in [0, 0.05) is 31.4 Å². The van der Waals surface area contributed by atoms with E-state index in [2.05, 4.69) is 28.8 Å². The second-order valence-electron chi connectivity index (χ2n) is 5.22. The summed E-state index contributed by atoms with van der Waals surface area (Å²) >= 11 is 0. The van der Waals surface area contributed by atoms with Crippen molar-refractivity contribution in [1.29, 1.82) is 0 Å². The maximum Gasteiger partial charge on any atom is 0.191 e. The van der Waals surface area contributed by atoms with Gasteiger partial charge in [0.05, 0.1) is 12.2 Å². The van der Waals surface area contributed by atoms with E-state index in [1.807, 2.05) is 18.8 Å². The number of nitrogens with two attached hydrogens (primary N) is 1. The van der Waals surface area contributed by atoms with Crippen molar-refractivity contribution in [3.63, 3.8) is 0 Å². The SMILES string of the molecule is CCc1nn(C)c(CC)c1CN=C(N)N(C)C1CC1.I. The number of hydrogen-bond acceptors (Lipinski definition) is 2. The van der Waals surface area contributed by atoms with Gasteiger partial charge in [0.25, 0.3) is 0 Å². The lowest BCUT2D eigenvalue weighted by atomic mass is 10.1. The molecule has 1 aromatic heterocycles. The molecule has 1 heterocycles. The third-order valence-corrected chi connectivity index (χ3v) is 3.88. The molecule has 0 bridgehead atoms. The molecule has 1 saturated carbocycles. The zero-order valence-corrected chi connectivity index (χ0v) is 15.2. The van der Waals surface area contributed by atoms with E-state index in [0.717, 1.165) is 18.5 Å². The molecule has 0 spiro atoms. The van der Waals surface area contributed by atoms with Gasteiger partial charge in [-0.3, -0.25) is 4.68 Å². The molecule has 1 aromatic rings. The molecule has 0 aromatic carbocycles. The van der Waals surface area contributed by atoms with Crippen LogP contribution in [0.4, 0.5) is 0 Å². The minimum atomic E-state index is 0. The maximum atomic E-state index is 6.04. The molecule has 0 atom stereocenters. The molecule has 1 fully saturated rings. The maximum absolute atomic E-state index is 6.04. The Hall–Kier alpha value is -0.790. The van der Waals surface area contributed by atoms with Gasteiger partial charge in [-0.2, -0.15) is 5.10 Å². The topological polar surface area (TPSA) is 59.4 Å². The smallest absolute Gasteiger partial charge is 0.191 e. The predicted molar refractivity (Wildman–Crippen MR) is 93.5 cm³/mol. The third-order valence-electron chi connectivity index (χ3n) is 3.88. The summed E-state index contributed by atoms with van der Waals surface area (Å²) in [4.78, 5) is 6.64. The molecule has 1 aliphatic carbocycles. The second kappa shape index (κ2) is 7.28. The number of aromatic nitrogens is 2. The Morgan fingerprint density at radius 3 is 2.55 bits per heavy atom. The van der Waals surface area contributed by atoms with Crippen molar-refractivity contribution in [1.82, 2.24) is 14.7 Å². The first-order chi connectivity index (χ1) is 9.08. The zero-order chi connectivity index (χ0) is 14.0. The van der Waals surface area contributed by atoms with E-state index in [1.54, 1.807) is 0 Å². The molecule has 0 aliphatic heterocycles. The lowest BCUT2D eigenvalue weighted by molar-refractivity contribution is 0.487. The first-order valence-electron chi connectivity index (χ1n) is 7.14. The molecular formula is C14H26IN5. The second-order valence-corrected chi connectivity index (χ2v) is 5.22. The van der Waals surface area contributed by atoms with Gasteiger partial charge in [0.15, 0.2) is 5.96 Å². The van der Waals surface area contributed by atoms with Gasteiger partial charge in [-0.15, -0.1) is 24.0 Å². The fraction of sp³-hybridized carbons (Fsp3) is 0.714. The van der Waals surface area contributed by atoms with E-state index in [0.29, 0.717) is 18.5 Å². The van der Waals surface area contributed by atoms with E-state index < -0.39 is 0 Å². The normalized spacial score (nSPS) is 15.1. The molecule has 0 amide bonds. The van der Waals surface area contributed by atoms with E-state index in [9.17, 15) is 0 Å². The third kappa shape index (κ3) is 3.65. The number of hydrogen-bond donors (Lipinski definition) is 1. The molecule has 5 nitrogen and oxygen atoms in total. The summed E-state index contributed by atoms with van der Waals surface area (Å²) in [5, 5.41) is 4.56. The van der Waals surface area contributed by atoms with Crippen molar-refractivity contribution in [3.05, 3.63) is 17.0 Å². The first-order valence-corrected chi connectivity index (χ1v) is 7.14. The van der Waals surface area contributed by atoms with Crippen LogP contribution in [0.1, 0.15) is 43.6 Å². The van der Waals surface area contributed by atoms with E-state index in [4.69, 9.17) is 5.73 Å². The molecule has 0 radical (unpaired) electrons. The minimum absolute atomic E-state index is 0. The van der Waals surface area contributed by atoms with Crippen LogP contribution >= 0.6 is 24.0 Å². The van der Waals surface area contributed by atoms with Crippen LogP contribution in [0.5, 0.6) is 0 Å². The van der Waals surface area contributed by atoms with Crippen LogP contribution in [-0.2, 0) is 26.4 Å². The van der Waals surface area contributed by atoms with Crippen LogP contribution in [0.25, 0.3) is 0 Å². The Labute approximate surface area is 138 Å². The van der Waals surface area contributed by atoms with Gasteiger partial charge in [-0.05, 0) is 25.7 Å². The molecule has 114 valence electrons. The number of aryl methyl sites for hydroxylation is 2. The highest BCUT2D eigenvalue weighted by Gasteiger charge is 2.27. The molecular weight excluding hydrogens is 365 g/mol. The minimum Gasteiger partial charge on any atom is -0.370 e. The largest absolute Gasteiger partial charge is 0.370 e. The van der Waals surface area contributed by atoms with Crippen LogP contribution in [0.3, 0.4) is 0 Å².